The maximum atomic E-state index is 12.9. The first kappa shape index (κ1) is 16.6. The van der Waals surface area contributed by atoms with E-state index in [-0.39, 0.29) is 18.5 Å². The Bertz CT molecular complexity index is 941. The number of benzene rings is 1. The number of carbonyl (C=O) groups is 1. The van der Waals surface area contributed by atoms with Gasteiger partial charge in [-0.05, 0) is 43.9 Å². The summed E-state index contributed by atoms with van der Waals surface area (Å²) in [6.07, 6.45) is 7.70. The van der Waals surface area contributed by atoms with Crippen LogP contribution in [0.5, 0.6) is 0 Å². The Morgan fingerprint density at radius 1 is 1.23 bits per heavy atom. The normalized spacial score (nSPS) is 17.7. The number of aryl methyl sites for hydroxylation is 1. The van der Waals surface area contributed by atoms with Crippen LogP contribution in [0, 0.1) is 0 Å². The molecule has 7 nitrogen and oxygen atoms in total. The van der Waals surface area contributed by atoms with Gasteiger partial charge in [-0.25, -0.2) is 4.79 Å². The van der Waals surface area contributed by atoms with Crippen molar-refractivity contribution in [2.24, 2.45) is 0 Å². The number of hydrogen-bond acceptors (Lipinski definition) is 4. The summed E-state index contributed by atoms with van der Waals surface area (Å²) in [5.74, 6) is -0.506. The van der Waals surface area contributed by atoms with E-state index in [0.717, 1.165) is 38.8 Å². The Morgan fingerprint density at radius 2 is 2.12 bits per heavy atom. The van der Waals surface area contributed by atoms with Crippen molar-refractivity contribution < 1.29 is 9.21 Å². The maximum absolute atomic E-state index is 12.9. The van der Waals surface area contributed by atoms with Gasteiger partial charge in [0.25, 0.3) is 0 Å². The van der Waals surface area contributed by atoms with Crippen LogP contribution in [0.15, 0.2) is 51.9 Å². The van der Waals surface area contributed by atoms with Gasteiger partial charge in [-0.2, -0.15) is 5.10 Å². The highest BCUT2D eigenvalue weighted by atomic mass is 16.4. The summed E-state index contributed by atoms with van der Waals surface area (Å²) in [4.78, 5) is 27.0. The summed E-state index contributed by atoms with van der Waals surface area (Å²) in [5, 5.41) is 4.23. The minimum absolute atomic E-state index is 0.0219. The molecule has 1 unspecified atom stereocenters. The minimum atomic E-state index is -0.482. The lowest BCUT2D eigenvalue weighted by Crippen LogP contribution is -2.46. The fourth-order valence-electron chi connectivity index (χ4n) is 3.73. The van der Waals surface area contributed by atoms with Crippen molar-refractivity contribution in [1.82, 2.24) is 19.2 Å². The first-order valence-corrected chi connectivity index (χ1v) is 9.07. The van der Waals surface area contributed by atoms with Crippen LogP contribution in [0.1, 0.15) is 25.7 Å². The predicted octanol–water partition coefficient (Wildman–Crippen LogP) is 2.26. The molecule has 0 N–H and O–H groups in total. The van der Waals surface area contributed by atoms with E-state index in [4.69, 9.17) is 4.42 Å². The van der Waals surface area contributed by atoms with Crippen molar-refractivity contribution in [2.45, 2.75) is 44.8 Å². The smallest absolute Gasteiger partial charge is 0.408 e. The largest absolute Gasteiger partial charge is 0.420 e. The first-order chi connectivity index (χ1) is 12.7. The van der Waals surface area contributed by atoms with E-state index < -0.39 is 5.76 Å². The summed E-state index contributed by atoms with van der Waals surface area (Å²) in [7, 11) is 0. The monoisotopic (exact) mass is 354 g/mol. The van der Waals surface area contributed by atoms with Crippen LogP contribution >= 0.6 is 0 Å². The van der Waals surface area contributed by atoms with Crippen LogP contribution in [0.25, 0.3) is 11.1 Å². The number of nitrogens with zero attached hydrogens (tertiary/aromatic N) is 4. The molecule has 7 heteroatoms. The van der Waals surface area contributed by atoms with Crippen molar-refractivity contribution in [2.75, 3.05) is 6.54 Å². The molecule has 0 saturated carbocycles. The molecule has 1 fully saturated rings. The molecule has 1 atom stereocenters. The van der Waals surface area contributed by atoms with Crippen molar-refractivity contribution in [3.05, 3.63) is 53.3 Å². The predicted molar refractivity (Wildman–Crippen MR) is 96.7 cm³/mol. The molecule has 0 radical (unpaired) electrons. The average molecular weight is 354 g/mol. The zero-order valence-corrected chi connectivity index (χ0v) is 14.6. The van der Waals surface area contributed by atoms with Gasteiger partial charge in [0.05, 0.1) is 5.52 Å². The van der Waals surface area contributed by atoms with Gasteiger partial charge in [0.15, 0.2) is 5.58 Å². The molecule has 1 saturated heterocycles. The van der Waals surface area contributed by atoms with Crippen LogP contribution in [-0.2, 0) is 17.9 Å². The molecule has 0 aliphatic carbocycles. The SMILES string of the molecule is O=C(Cn1c(=O)oc2ccccc21)N1CCCCC1CCn1cccn1. The molecule has 1 aliphatic rings. The van der Waals surface area contributed by atoms with E-state index in [1.807, 2.05) is 34.0 Å². The Hall–Kier alpha value is -2.83. The first-order valence-electron chi connectivity index (χ1n) is 9.07. The number of aromatic nitrogens is 3. The van der Waals surface area contributed by atoms with Gasteiger partial charge in [-0.3, -0.25) is 14.0 Å². The quantitative estimate of drug-likeness (QED) is 0.704. The van der Waals surface area contributed by atoms with E-state index >= 15 is 0 Å². The number of piperidine rings is 1. The summed E-state index contributed by atoms with van der Waals surface area (Å²) in [6.45, 7) is 1.55. The highest BCUT2D eigenvalue weighted by molar-refractivity contribution is 5.79. The lowest BCUT2D eigenvalue weighted by molar-refractivity contribution is -0.135. The van der Waals surface area contributed by atoms with Gasteiger partial charge in [-0.15, -0.1) is 0 Å². The van der Waals surface area contributed by atoms with Crippen molar-refractivity contribution in [1.29, 1.82) is 0 Å². The molecule has 0 bridgehead atoms. The topological polar surface area (TPSA) is 73.3 Å². The molecular formula is C19H22N4O3. The fraction of sp³-hybridized carbons (Fsp3) is 0.421. The molecule has 1 aromatic carbocycles. The van der Waals surface area contributed by atoms with Crippen LogP contribution < -0.4 is 5.76 Å². The van der Waals surface area contributed by atoms with Crippen molar-refractivity contribution in [3.63, 3.8) is 0 Å². The number of amides is 1. The maximum Gasteiger partial charge on any atom is 0.420 e. The summed E-state index contributed by atoms with van der Waals surface area (Å²) in [6, 6.07) is 9.29. The third-order valence-electron chi connectivity index (χ3n) is 5.07. The highest BCUT2D eigenvalue weighted by Crippen LogP contribution is 2.21. The summed E-state index contributed by atoms with van der Waals surface area (Å²) in [5.41, 5.74) is 1.18. The van der Waals surface area contributed by atoms with Crippen LogP contribution in [0.4, 0.5) is 0 Å². The molecule has 4 rings (SSSR count). The summed E-state index contributed by atoms with van der Waals surface area (Å²) < 4.78 is 8.56. The molecular weight excluding hydrogens is 332 g/mol. The molecule has 136 valence electrons. The number of rotatable bonds is 5. The third kappa shape index (κ3) is 3.29. The second-order valence-electron chi connectivity index (χ2n) is 6.72. The third-order valence-corrected chi connectivity index (χ3v) is 5.07. The van der Waals surface area contributed by atoms with Gasteiger partial charge in [0.1, 0.15) is 6.54 Å². The van der Waals surface area contributed by atoms with Gasteiger partial charge in [0, 0.05) is 31.5 Å². The molecule has 0 spiro atoms. The minimum Gasteiger partial charge on any atom is -0.408 e. The average Bonchev–Trinajstić information content (AvgIpc) is 3.28. The van der Waals surface area contributed by atoms with Crippen LogP contribution in [0.3, 0.4) is 0 Å². The number of likely N-dealkylation sites (tertiary alicyclic amines) is 1. The van der Waals surface area contributed by atoms with E-state index in [0.29, 0.717) is 11.1 Å². The van der Waals surface area contributed by atoms with E-state index in [9.17, 15) is 9.59 Å². The standard InChI is InChI=1S/C19H22N4O3/c24-18(14-23-16-7-1-2-8-17(16)26-19(23)25)22-12-4-3-6-15(22)9-13-21-11-5-10-20-21/h1-2,5,7-8,10-11,15H,3-4,6,9,12-14H2. The number of carbonyl (C=O) groups excluding carboxylic acids is 1. The lowest BCUT2D eigenvalue weighted by atomic mass is 9.99. The Kier molecular flexibility index (Phi) is 4.60. The second kappa shape index (κ2) is 7.19. The van der Waals surface area contributed by atoms with Crippen molar-refractivity contribution >= 4 is 17.0 Å². The zero-order valence-electron chi connectivity index (χ0n) is 14.6. The van der Waals surface area contributed by atoms with Gasteiger partial charge < -0.3 is 9.32 Å². The van der Waals surface area contributed by atoms with Gasteiger partial charge in [0.2, 0.25) is 5.91 Å². The molecule has 2 aromatic heterocycles. The molecule has 1 amide bonds. The zero-order chi connectivity index (χ0) is 17.9. The number of oxazole rings is 1. The Morgan fingerprint density at radius 3 is 2.96 bits per heavy atom. The number of hydrogen-bond donors (Lipinski definition) is 0. The van der Waals surface area contributed by atoms with Gasteiger partial charge in [-0.1, -0.05) is 12.1 Å². The number of para-hydroxylation sites is 2. The molecule has 26 heavy (non-hydrogen) atoms. The van der Waals surface area contributed by atoms with E-state index in [1.165, 1.54) is 4.57 Å². The summed E-state index contributed by atoms with van der Waals surface area (Å²) >= 11 is 0. The van der Waals surface area contributed by atoms with Gasteiger partial charge >= 0.3 is 5.76 Å². The Balaban J connectivity index is 1.49. The fourth-order valence-corrected chi connectivity index (χ4v) is 3.73. The molecule has 3 heterocycles. The second-order valence-corrected chi connectivity index (χ2v) is 6.72. The highest BCUT2D eigenvalue weighted by Gasteiger charge is 2.27. The number of fused-ring (bicyclic) bond motifs is 1. The Labute approximate surface area is 150 Å². The van der Waals surface area contributed by atoms with E-state index in [2.05, 4.69) is 5.10 Å². The van der Waals surface area contributed by atoms with Crippen LogP contribution in [0.2, 0.25) is 0 Å². The molecule has 1 aliphatic heterocycles. The van der Waals surface area contributed by atoms with E-state index in [1.54, 1.807) is 18.3 Å². The molecule has 3 aromatic rings. The van der Waals surface area contributed by atoms with Crippen LogP contribution in [-0.4, -0.2) is 37.7 Å². The lowest BCUT2D eigenvalue weighted by Gasteiger charge is -2.36. The van der Waals surface area contributed by atoms with Crippen molar-refractivity contribution in [3.8, 4) is 0 Å².